The molecule has 4 heteroatoms. The maximum absolute atomic E-state index is 12.7. The lowest BCUT2D eigenvalue weighted by Gasteiger charge is -2.44. The molecule has 3 atom stereocenters. The first-order valence-electron chi connectivity index (χ1n) is 7.21. The van der Waals surface area contributed by atoms with Crippen molar-refractivity contribution >= 4 is 5.91 Å². The first kappa shape index (κ1) is 13.8. The van der Waals surface area contributed by atoms with Gasteiger partial charge in [-0.3, -0.25) is 4.79 Å². The van der Waals surface area contributed by atoms with Crippen molar-refractivity contribution < 1.29 is 4.79 Å². The molecule has 3 unspecified atom stereocenters. The number of nitrogens with zero attached hydrogens (tertiary/aromatic N) is 2. The van der Waals surface area contributed by atoms with E-state index in [1.54, 1.807) is 0 Å². The molecule has 0 aromatic heterocycles. The Kier molecular flexibility index (Phi) is 3.97. The largest absolute Gasteiger partial charge is 0.336 e. The number of hydrogen-bond donors (Lipinski definition) is 1. The smallest absolute Gasteiger partial charge is 0.242 e. The van der Waals surface area contributed by atoms with E-state index in [9.17, 15) is 4.79 Å². The lowest BCUT2D eigenvalue weighted by atomic mass is 9.76. The summed E-state index contributed by atoms with van der Waals surface area (Å²) in [4.78, 5) is 17.0. The molecule has 4 nitrogen and oxygen atoms in total. The van der Waals surface area contributed by atoms with Crippen LogP contribution in [0.4, 0.5) is 0 Å². The van der Waals surface area contributed by atoms with Gasteiger partial charge in [-0.1, -0.05) is 19.8 Å². The van der Waals surface area contributed by atoms with Crippen LogP contribution in [0.1, 0.15) is 39.5 Å². The highest BCUT2D eigenvalue weighted by molar-refractivity contribution is 5.86. The van der Waals surface area contributed by atoms with Crippen LogP contribution in [0.15, 0.2) is 0 Å². The third-order valence-electron chi connectivity index (χ3n) is 4.55. The summed E-state index contributed by atoms with van der Waals surface area (Å²) >= 11 is 0. The van der Waals surface area contributed by atoms with Gasteiger partial charge < -0.3 is 15.5 Å². The molecule has 1 saturated carbocycles. The van der Waals surface area contributed by atoms with Crippen molar-refractivity contribution in [3.05, 3.63) is 0 Å². The van der Waals surface area contributed by atoms with Gasteiger partial charge in [-0.05, 0) is 32.7 Å². The zero-order valence-corrected chi connectivity index (χ0v) is 12.0. The van der Waals surface area contributed by atoms with Crippen LogP contribution in [-0.4, -0.2) is 54.0 Å². The molecule has 1 saturated heterocycles. The third-order valence-corrected chi connectivity index (χ3v) is 4.55. The molecule has 0 spiro atoms. The lowest BCUT2D eigenvalue weighted by molar-refractivity contribution is -0.143. The SMILES string of the molecule is CC1CCCC(N)(C(=O)N2CCN(C)CC2C)C1. The van der Waals surface area contributed by atoms with Gasteiger partial charge in [0.15, 0.2) is 0 Å². The number of carbonyl (C=O) groups is 1. The second kappa shape index (κ2) is 5.17. The Hall–Kier alpha value is -0.610. The summed E-state index contributed by atoms with van der Waals surface area (Å²) < 4.78 is 0. The number of rotatable bonds is 1. The number of hydrogen-bond acceptors (Lipinski definition) is 3. The zero-order chi connectivity index (χ0) is 13.3. The molecule has 0 aromatic carbocycles. The van der Waals surface area contributed by atoms with E-state index in [-0.39, 0.29) is 11.9 Å². The van der Waals surface area contributed by atoms with Crippen molar-refractivity contribution in [3.8, 4) is 0 Å². The monoisotopic (exact) mass is 253 g/mol. The molecule has 1 aliphatic carbocycles. The van der Waals surface area contributed by atoms with Gasteiger partial charge in [-0.25, -0.2) is 0 Å². The van der Waals surface area contributed by atoms with Crippen molar-refractivity contribution in [2.75, 3.05) is 26.7 Å². The van der Waals surface area contributed by atoms with Crippen molar-refractivity contribution in [3.63, 3.8) is 0 Å². The predicted molar refractivity (Wildman–Crippen MR) is 73.2 cm³/mol. The third kappa shape index (κ3) is 2.69. The predicted octanol–water partition coefficient (Wildman–Crippen LogP) is 1.06. The molecule has 2 fully saturated rings. The van der Waals surface area contributed by atoms with Crippen molar-refractivity contribution in [1.29, 1.82) is 0 Å². The fourth-order valence-corrected chi connectivity index (χ4v) is 3.51. The maximum atomic E-state index is 12.7. The van der Waals surface area contributed by atoms with Crippen LogP contribution in [-0.2, 0) is 4.79 Å². The summed E-state index contributed by atoms with van der Waals surface area (Å²) in [6, 6.07) is 0.286. The van der Waals surface area contributed by atoms with E-state index in [0.717, 1.165) is 38.9 Å². The molecule has 2 aliphatic rings. The molecule has 0 bridgehead atoms. The number of likely N-dealkylation sites (N-methyl/N-ethyl adjacent to an activating group) is 1. The van der Waals surface area contributed by atoms with E-state index >= 15 is 0 Å². The van der Waals surface area contributed by atoms with Crippen molar-refractivity contribution in [2.45, 2.75) is 51.1 Å². The van der Waals surface area contributed by atoms with Crippen LogP contribution in [0.5, 0.6) is 0 Å². The van der Waals surface area contributed by atoms with Crippen LogP contribution in [0, 0.1) is 5.92 Å². The van der Waals surface area contributed by atoms with Crippen LogP contribution >= 0.6 is 0 Å². The normalized spacial score (nSPS) is 38.8. The topological polar surface area (TPSA) is 49.6 Å². The van der Waals surface area contributed by atoms with E-state index in [1.165, 1.54) is 6.42 Å². The Bertz CT molecular complexity index is 320. The van der Waals surface area contributed by atoms with E-state index in [1.807, 2.05) is 4.90 Å². The number of piperazine rings is 1. The highest BCUT2D eigenvalue weighted by atomic mass is 16.2. The Labute approximate surface area is 110 Å². The lowest BCUT2D eigenvalue weighted by Crippen LogP contribution is -2.63. The van der Waals surface area contributed by atoms with Gasteiger partial charge in [-0.15, -0.1) is 0 Å². The number of nitrogens with two attached hydrogens (primary N) is 1. The molecule has 1 heterocycles. The van der Waals surface area contributed by atoms with Gasteiger partial charge in [-0.2, -0.15) is 0 Å². The zero-order valence-electron chi connectivity index (χ0n) is 12.0. The second-order valence-electron chi connectivity index (χ2n) is 6.47. The first-order chi connectivity index (χ1) is 8.42. The number of carbonyl (C=O) groups excluding carboxylic acids is 1. The van der Waals surface area contributed by atoms with Gasteiger partial charge >= 0.3 is 0 Å². The Morgan fingerprint density at radius 2 is 2.06 bits per heavy atom. The second-order valence-corrected chi connectivity index (χ2v) is 6.47. The molecule has 18 heavy (non-hydrogen) atoms. The molecular weight excluding hydrogens is 226 g/mol. The highest BCUT2D eigenvalue weighted by Crippen LogP contribution is 2.32. The Morgan fingerprint density at radius 1 is 1.33 bits per heavy atom. The molecule has 2 rings (SSSR count). The van der Waals surface area contributed by atoms with Gasteiger partial charge in [0.2, 0.25) is 5.91 Å². The molecule has 104 valence electrons. The van der Waals surface area contributed by atoms with E-state index in [2.05, 4.69) is 25.8 Å². The maximum Gasteiger partial charge on any atom is 0.242 e. The highest BCUT2D eigenvalue weighted by Gasteiger charge is 2.42. The summed E-state index contributed by atoms with van der Waals surface area (Å²) in [5.74, 6) is 0.769. The van der Waals surface area contributed by atoms with Gasteiger partial charge in [0.1, 0.15) is 0 Å². The average molecular weight is 253 g/mol. The summed E-state index contributed by atoms with van der Waals surface area (Å²) in [7, 11) is 2.11. The fraction of sp³-hybridized carbons (Fsp3) is 0.929. The molecule has 1 amide bonds. The molecular formula is C14H27N3O. The minimum atomic E-state index is -0.595. The van der Waals surface area contributed by atoms with Crippen LogP contribution < -0.4 is 5.73 Å². The van der Waals surface area contributed by atoms with Crippen molar-refractivity contribution in [2.24, 2.45) is 11.7 Å². The molecule has 1 aliphatic heterocycles. The summed E-state index contributed by atoms with van der Waals surface area (Å²) in [5.41, 5.74) is 5.82. The minimum absolute atomic E-state index is 0.189. The van der Waals surface area contributed by atoms with Crippen molar-refractivity contribution in [1.82, 2.24) is 9.80 Å². The fourth-order valence-electron chi connectivity index (χ4n) is 3.51. The molecule has 0 aromatic rings. The van der Waals surface area contributed by atoms with E-state index < -0.39 is 5.54 Å². The molecule has 0 radical (unpaired) electrons. The standard InChI is InChI=1S/C14H27N3O/c1-11-5-4-6-14(15,9-11)13(18)17-8-7-16(3)10-12(17)2/h11-12H,4-10,15H2,1-3H3. The van der Waals surface area contributed by atoms with Crippen LogP contribution in [0.2, 0.25) is 0 Å². The Morgan fingerprint density at radius 3 is 2.67 bits per heavy atom. The first-order valence-corrected chi connectivity index (χ1v) is 7.21. The van der Waals surface area contributed by atoms with E-state index in [0.29, 0.717) is 5.92 Å². The summed E-state index contributed by atoms with van der Waals surface area (Å²) in [5, 5.41) is 0. The van der Waals surface area contributed by atoms with Crippen LogP contribution in [0.25, 0.3) is 0 Å². The van der Waals surface area contributed by atoms with Gasteiger partial charge in [0.25, 0.3) is 0 Å². The summed E-state index contributed by atoms with van der Waals surface area (Å²) in [6.07, 6.45) is 4.01. The van der Waals surface area contributed by atoms with Gasteiger partial charge in [0.05, 0.1) is 5.54 Å². The minimum Gasteiger partial charge on any atom is -0.336 e. The molecule has 2 N–H and O–H groups in total. The Balaban J connectivity index is 2.06. The van der Waals surface area contributed by atoms with Crippen LogP contribution in [0.3, 0.4) is 0 Å². The summed E-state index contributed by atoms with van der Waals surface area (Å²) in [6.45, 7) is 7.08. The number of amides is 1. The van der Waals surface area contributed by atoms with Gasteiger partial charge in [0, 0.05) is 25.7 Å². The average Bonchev–Trinajstić information content (AvgIpc) is 2.28. The quantitative estimate of drug-likeness (QED) is 0.760. The van der Waals surface area contributed by atoms with E-state index in [4.69, 9.17) is 5.73 Å².